The molecule has 0 spiro atoms. The smallest absolute Gasteiger partial charge is 0.241 e. The van der Waals surface area contributed by atoms with Crippen LogP contribution in [0.4, 0.5) is 5.69 Å². The van der Waals surface area contributed by atoms with Crippen LogP contribution in [-0.4, -0.2) is 54.4 Å². The number of hydrogen-bond acceptors (Lipinski definition) is 6. The molecule has 7 heteroatoms. The summed E-state index contributed by atoms with van der Waals surface area (Å²) in [6, 6.07) is 14.3. The largest absolute Gasteiger partial charge is 0.493 e. The Hall–Kier alpha value is -3.08. The first-order valence-electron chi connectivity index (χ1n) is 10.7. The zero-order valence-corrected chi connectivity index (χ0v) is 17.4. The maximum absolute atomic E-state index is 13.0. The lowest BCUT2D eigenvalue weighted by Gasteiger charge is -2.35. The fourth-order valence-electron chi connectivity index (χ4n) is 4.14. The molecule has 2 aliphatic rings. The van der Waals surface area contributed by atoms with Crippen LogP contribution in [0.15, 0.2) is 42.5 Å². The Labute approximate surface area is 182 Å². The van der Waals surface area contributed by atoms with Gasteiger partial charge in [0.25, 0.3) is 0 Å². The van der Waals surface area contributed by atoms with Crippen LogP contribution >= 0.6 is 0 Å². The Morgan fingerprint density at radius 3 is 2.94 bits per heavy atom. The summed E-state index contributed by atoms with van der Waals surface area (Å²) in [5, 5.41) is 22.4. The molecule has 31 heavy (non-hydrogen) atoms. The summed E-state index contributed by atoms with van der Waals surface area (Å²) in [5.41, 5.74) is 2.46. The number of fused-ring (bicyclic) bond motifs is 1. The van der Waals surface area contributed by atoms with Crippen molar-refractivity contribution in [2.24, 2.45) is 0 Å². The maximum Gasteiger partial charge on any atom is 0.241 e. The van der Waals surface area contributed by atoms with Crippen molar-refractivity contribution in [2.75, 3.05) is 31.6 Å². The number of piperidine rings is 1. The number of nitrogens with zero attached hydrogens (tertiary/aromatic N) is 2. The normalized spacial score (nSPS) is 19.0. The standard InChI is InChI=1S/C24H27N3O4/c25-14-17-4-7-21(8-5-17)31-16-20(28)15-27-11-2-1-3-22(27)24(29)26-19-6-9-23-18(13-19)10-12-30-23/h4-9,13,20,22,28H,1-3,10-12,15-16H2,(H,26,29)/t20-,22-/m1/s1. The molecule has 2 N–H and O–H groups in total. The number of amides is 1. The summed E-state index contributed by atoms with van der Waals surface area (Å²) in [5.74, 6) is 1.45. The Kier molecular flexibility index (Phi) is 6.70. The quantitative estimate of drug-likeness (QED) is 0.714. The average Bonchev–Trinajstić information content (AvgIpc) is 3.26. The molecule has 1 amide bonds. The first-order chi connectivity index (χ1) is 15.1. The lowest BCUT2D eigenvalue weighted by atomic mass is 10.0. The van der Waals surface area contributed by atoms with Crippen LogP contribution in [0.5, 0.6) is 11.5 Å². The van der Waals surface area contributed by atoms with E-state index in [-0.39, 0.29) is 18.6 Å². The van der Waals surface area contributed by atoms with E-state index in [2.05, 4.69) is 11.4 Å². The molecule has 0 unspecified atom stereocenters. The Balaban J connectivity index is 1.32. The zero-order chi connectivity index (χ0) is 21.6. The number of rotatable bonds is 7. The van der Waals surface area contributed by atoms with Gasteiger partial charge in [-0.1, -0.05) is 6.42 Å². The van der Waals surface area contributed by atoms with Gasteiger partial charge in [0.15, 0.2) is 0 Å². The van der Waals surface area contributed by atoms with E-state index in [1.807, 2.05) is 23.1 Å². The number of carbonyl (C=O) groups is 1. The third kappa shape index (κ3) is 5.35. The van der Waals surface area contributed by atoms with Gasteiger partial charge in [0.1, 0.15) is 24.2 Å². The topological polar surface area (TPSA) is 94.8 Å². The molecular weight excluding hydrogens is 394 g/mol. The number of carbonyl (C=O) groups excluding carboxylic acids is 1. The predicted molar refractivity (Wildman–Crippen MR) is 116 cm³/mol. The van der Waals surface area contributed by atoms with Crippen LogP contribution in [0.2, 0.25) is 0 Å². The second kappa shape index (κ2) is 9.82. The van der Waals surface area contributed by atoms with Crippen molar-refractivity contribution < 1.29 is 19.4 Å². The Morgan fingerprint density at radius 2 is 2.13 bits per heavy atom. The van der Waals surface area contributed by atoms with Crippen molar-refractivity contribution in [1.82, 2.24) is 4.90 Å². The van der Waals surface area contributed by atoms with Crippen molar-refractivity contribution in [1.29, 1.82) is 5.26 Å². The Bertz CT molecular complexity index is 954. The number of aliphatic hydroxyl groups excluding tert-OH is 1. The van der Waals surface area contributed by atoms with Crippen molar-refractivity contribution in [3.8, 4) is 17.6 Å². The fraction of sp³-hybridized carbons (Fsp3) is 0.417. The highest BCUT2D eigenvalue weighted by Gasteiger charge is 2.30. The van der Waals surface area contributed by atoms with Gasteiger partial charge in [-0.05, 0) is 67.4 Å². The minimum absolute atomic E-state index is 0.0428. The van der Waals surface area contributed by atoms with Crippen LogP contribution in [-0.2, 0) is 11.2 Å². The third-order valence-electron chi connectivity index (χ3n) is 5.74. The molecule has 0 saturated carbocycles. The van der Waals surface area contributed by atoms with Crippen LogP contribution in [0.3, 0.4) is 0 Å². The van der Waals surface area contributed by atoms with Gasteiger partial charge in [0.2, 0.25) is 5.91 Å². The number of hydrogen-bond donors (Lipinski definition) is 2. The van der Waals surface area contributed by atoms with Gasteiger partial charge in [-0.2, -0.15) is 5.26 Å². The number of anilines is 1. The molecule has 0 aliphatic carbocycles. The molecule has 1 saturated heterocycles. The van der Waals surface area contributed by atoms with E-state index in [1.54, 1.807) is 24.3 Å². The van der Waals surface area contributed by atoms with Gasteiger partial charge >= 0.3 is 0 Å². The highest BCUT2D eigenvalue weighted by molar-refractivity contribution is 5.95. The average molecular weight is 421 g/mol. The fourth-order valence-corrected chi connectivity index (χ4v) is 4.14. The number of β-amino-alcohol motifs (C(OH)–C–C–N with tert-alkyl or cyclic N) is 1. The summed E-state index contributed by atoms with van der Waals surface area (Å²) in [7, 11) is 0. The third-order valence-corrected chi connectivity index (χ3v) is 5.74. The van der Waals surface area contributed by atoms with Gasteiger partial charge in [0, 0.05) is 18.7 Å². The van der Waals surface area contributed by atoms with Crippen LogP contribution in [0, 0.1) is 11.3 Å². The summed E-state index contributed by atoms with van der Waals surface area (Å²) in [6.45, 7) is 1.95. The van der Waals surface area contributed by atoms with Gasteiger partial charge in [-0.3, -0.25) is 9.69 Å². The van der Waals surface area contributed by atoms with Gasteiger partial charge < -0.3 is 19.9 Å². The minimum Gasteiger partial charge on any atom is -0.493 e. The first-order valence-corrected chi connectivity index (χ1v) is 10.7. The minimum atomic E-state index is -0.721. The number of likely N-dealkylation sites (tertiary alicyclic amines) is 1. The number of nitriles is 1. The lowest BCUT2D eigenvalue weighted by molar-refractivity contribution is -0.123. The molecule has 1 fully saturated rings. The molecule has 2 heterocycles. The predicted octanol–water partition coefficient (Wildman–Crippen LogP) is 2.73. The molecule has 0 radical (unpaired) electrons. The van der Waals surface area contributed by atoms with Crippen LogP contribution in [0.25, 0.3) is 0 Å². The molecule has 162 valence electrons. The van der Waals surface area contributed by atoms with Gasteiger partial charge in [-0.25, -0.2) is 0 Å². The van der Waals surface area contributed by atoms with Crippen molar-refractivity contribution in [2.45, 2.75) is 37.8 Å². The number of aliphatic hydroxyl groups is 1. The van der Waals surface area contributed by atoms with E-state index < -0.39 is 6.10 Å². The van der Waals surface area contributed by atoms with E-state index in [4.69, 9.17) is 14.7 Å². The van der Waals surface area contributed by atoms with Crippen molar-refractivity contribution in [3.63, 3.8) is 0 Å². The SMILES string of the molecule is N#Cc1ccc(OC[C@H](O)CN2CCCC[C@@H]2C(=O)Nc2ccc3c(c2)CCO3)cc1. The van der Waals surface area contributed by atoms with Crippen LogP contribution < -0.4 is 14.8 Å². The number of nitrogens with one attached hydrogen (secondary N) is 1. The molecule has 2 aliphatic heterocycles. The molecule has 7 nitrogen and oxygen atoms in total. The number of ether oxygens (including phenoxy) is 2. The molecule has 2 atom stereocenters. The molecular formula is C24H27N3O4. The van der Waals surface area contributed by atoms with Gasteiger partial charge in [0.05, 0.1) is 24.3 Å². The monoisotopic (exact) mass is 421 g/mol. The van der Waals surface area contributed by atoms with E-state index >= 15 is 0 Å². The highest BCUT2D eigenvalue weighted by Crippen LogP contribution is 2.28. The van der Waals surface area contributed by atoms with E-state index in [0.717, 1.165) is 49.2 Å². The summed E-state index contributed by atoms with van der Waals surface area (Å²) in [4.78, 5) is 15.0. The molecule has 0 aromatic heterocycles. The summed E-state index contributed by atoms with van der Waals surface area (Å²) in [6.07, 6.45) is 2.90. The summed E-state index contributed by atoms with van der Waals surface area (Å²) >= 11 is 0. The second-order valence-corrected chi connectivity index (χ2v) is 8.02. The van der Waals surface area contributed by atoms with Crippen LogP contribution in [0.1, 0.15) is 30.4 Å². The maximum atomic E-state index is 13.0. The van der Waals surface area contributed by atoms with E-state index in [0.29, 0.717) is 24.5 Å². The van der Waals surface area contributed by atoms with E-state index in [9.17, 15) is 9.90 Å². The first kappa shape index (κ1) is 21.2. The molecule has 2 aromatic rings. The van der Waals surface area contributed by atoms with Gasteiger partial charge in [-0.15, -0.1) is 0 Å². The molecule has 2 aromatic carbocycles. The van der Waals surface area contributed by atoms with Crippen molar-refractivity contribution in [3.05, 3.63) is 53.6 Å². The second-order valence-electron chi connectivity index (χ2n) is 8.02. The zero-order valence-electron chi connectivity index (χ0n) is 17.4. The Morgan fingerprint density at radius 1 is 1.29 bits per heavy atom. The lowest BCUT2D eigenvalue weighted by Crippen LogP contribution is -2.50. The molecule has 4 rings (SSSR count). The number of benzene rings is 2. The van der Waals surface area contributed by atoms with Crippen molar-refractivity contribution >= 4 is 11.6 Å². The summed E-state index contributed by atoms with van der Waals surface area (Å²) < 4.78 is 11.2. The van der Waals surface area contributed by atoms with E-state index in [1.165, 1.54) is 0 Å². The molecule has 0 bridgehead atoms. The highest BCUT2D eigenvalue weighted by atomic mass is 16.5.